The zero-order valence-corrected chi connectivity index (χ0v) is 5.22. The monoisotopic (exact) mass is 127 g/mol. The SMILES string of the molecule is CC1(C(=O)O)C=CNC1. The van der Waals surface area contributed by atoms with E-state index < -0.39 is 11.4 Å². The van der Waals surface area contributed by atoms with Crippen molar-refractivity contribution in [1.82, 2.24) is 5.32 Å². The molecule has 1 heterocycles. The predicted octanol–water partition coefficient (Wildman–Crippen LogP) is 0.194. The van der Waals surface area contributed by atoms with Gasteiger partial charge < -0.3 is 10.4 Å². The molecule has 0 fully saturated rings. The molecule has 0 amide bonds. The quantitative estimate of drug-likeness (QED) is 0.528. The fraction of sp³-hybridized carbons (Fsp3) is 0.500. The van der Waals surface area contributed by atoms with E-state index >= 15 is 0 Å². The van der Waals surface area contributed by atoms with Crippen LogP contribution in [-0.2, 0) is 4.79 Å². The second kappa shape index (κ2) is 1.76. The second-order valence-corrected chi connectivity index (χ2v) is 2.44. The Morgan fingerprint density at radius 1 is 1.89 bits per heavy atom. The summed E-state index contributed by atoms with van der Waals surface area (Å²) in [5.41, 5.74) is -0.681. The smallest absolute Gasteiger partial charge is 0.315 e. The number of hydrogen-bond acceptors (Lipinski definition) is 2. The first-order valence-electron chi connectivity index (χ1n) is 2.80. The van der Waals surface area contributed by atoms with Crippen molar-refractivity contribution >= 4 is 5.97 Å². The summed E-state index contributed by atoms with van der Waals surface area (Å²) in [7, 11) is 0. The molecule has 3 heteroatoms. The number of hydrogen-bond donors (Lipinski definition) is 2. The lowest BCUT2D eigenvalue weighted by Gasteiger charge is -2.13. The minimum atomic E-state index is -0.774. The molecule has 0 bridgehead atoms. The van der Waals surface area contributed by atoms with Gasteiger partial charge in [0, 0.05) is 6.54 Å². The number of aliphatic carboxylic acids is 1. The molecule has 0 spiro atoms. The van der Waals surface area contributed by atoms with E-state index in [4.69, 9.17) is 5.11 Å². The molecule has 0 saturated carbocycles. The summed E-state index contributed by atoms with van der Waals surface area (Å²) < 4.78 is 0. The third-order valence-electron chi connectivity index (χ3n) is 1.53. The fourth-order valence-electron chi connectivity index (χ4n) is 0.720. The van der Waals surface area contributed by atoms with E-state index in [1.807, 2.05) is 0 Å². The first-order valence-corrected chi connectivity index (χ1v) is 2.80. The topological polar surface area (TPSA) is 49.3 Å². The Labute approximate surface area is 53.4 Å². The van der Waals surface area contributed by atoms with Gasteiger partial charge in [-0.15, -0.1) is 0 Å². The van der Waals surface area contributed by atoms with Gasteiger partial charge in [-0.1, -0.05) is 6.08 Å². The van der Waals surface area contributed by atoms with Gasteiger partial charge >= 0.3 is 5.97 Å². The number of rotatable bonds is 1. The van der Waals surface area contributed by atoms with Gasteiger partial charge in [0.1, 0.15) is 5.41 Å². The van der Waals surface area contributed by atoms with E-state index in [0.717, 1.165) is 0 Å². The van der Waals surface area contributed by atoms with Gasteiger partial charge in [-0.25, -0.2) is 0 Å². The van der Waals surface area contributed by atoms with E-state index in [-0.39, 0.29) is 0 Å². The third-order valence-corrected chi connectivity index (χ3v) is 1.53. The Kier molecular flexibility index (Phi) is 1.20. The highest BCUT2D eigenvalue weighted by Crippen LogP contribution is 2.20. The van der Waals surface area contributed by atoms with Gasteiger partial charge in [0.05, 0.1) is 0 Å². The molecule has 0 saturated heterocycles. The second-order valence-electron chi connectivity index (χ2n) is 2.44. The molecular weight excluding hydrogens is 118 g/mol. The van der Waals surface area contributed by atoms with Crippen molar-refractivity contribution in [1.29, 1.82) is 0 Å². The van der Waals surface area contributed by atoms with E-state index in [2.05, 4.69) is 5.32 Å². The standard InChI is InChI=1S/C6H9NO2/c1-6(5(8)9)2-3-7-4-6/h2-3,7H,4H2,1H3,(H,8,9). The molecule has 0 aromatic heterocycles. The lowest BCUT2D eigenvalue weighted by Crippen LogP contribution is -2.29. The Morgan fingerprint density at radius 3 is 2.78 bits per heavy atom. The van der Waals surface area contributed by atoms with Crippen LogP contribution in [0.25, 0.3) is 0 Å². The molecule has 1 aliphatic rings. The maximum atomic E-state index is 10.4. The molecule has 3 nitrogen and oxygen atoms in total. The number of carboxylic acids is 1. The van der Waals surface area contributed by atoms with Crippen LogP contribution < -0.4 is 5.32 Å². The van der Waals surface area contributed by atoms with Crippen molar-refractivity contribution in [3.8, 4) is 0 Å². The lowest BCUT2D eigenvalue weighted by atomic mass is 9.93. The van der Waals surface area contributed by atoms with Crippen LogP contribution in [0.1, 0.15) is 6.92 Å². The highest BCUT2D eigenvalue weighted by molar-refractivity contribution is 5.77. The Morgan fingerprint density at radius 2 is 2.56 bits per heavy atom. The van der Waals surface area contributed by atoms with Crippen molar-refractivity contribution in [3.63, 3.8) is 0 Å². The zero-order chi connectivity index (χ0) is 6.91. The zero-order valence-electron chi connectivity index (χ0n) is 5.22. The van der Waals surface area contributed by atoms with E-state index in [9.17, 15) is 4.79 Å². The summed E-state index contributed by atoms with van der Waals surface area (Å²) in [4.78, 5) is 10.4. The van der Waals surface area contributed by atoms with Crippen molar-refractivity contribution in [2.24, 2.45) is 5.41 Å². The normalized spacial score (nSPS) is 32.1. The molecule has 50 valence electrons. The van der Waals surface area contributed by atoms with Crippen molar-refractivity contribution in [2.45, 2.75) is 6.92 Å². The van der Waals surface area contributed by atoms with Crippen LogP contribution in [0, 0.1) is 5.41 Å². The minimum absolute atomic E-state index is 0.502. The van der Waals surface area contributed by atoms with Crippen molar-refractivity contribution in [2.75, 3.05) is 6.54 Å². The van der Waals surface area contributed by atoms with Crippen LogP contribution in [0.15, 0.2) is 12.3 Å². The van der Waals surface area contributed by atoms with Gasteiger partial charge in [0.2, 0.25) is 0 Å². The average molecular weight is 127 g/mol. The number of carboxylic acid groups (broad SMARTS) is 1. The molecule has 0 aromatic rings. The number of carbonyl (C=O) groups is 1. The molecule has 0 aliphatic carbocycles. The first-order chi connectivity index (χ1) is 4.15. The summed E-state index contributed by atoms with van der Waals surface area (Å²) >= 11 is 0. The summed E-state index contributed by atoms with van der Waals surface area (Å²) in [6.45, 7) is 2.19. The van der Waals surface area contributed by atoms with Crippen LogP contribution in [-0.4, -0.2) is 17.6 Å². The highest BCUT2D eigenvalue weighted by Gasteiger charge is 2.32. The molecule has 1 rings (SSSR count). The predicted molar refractivity (Wildman–Crippen MR) is 32.9 cm³/mol. The molecule has 1 unspecified atom stereocenters. The van der Waals surface area contributed by atoms with Crippen molar-refractivity contribution < 1.29 is 9.90 Å². The van der Waals surface area contributed by atoms with Crippen LogP contribution >= 0.6 is 0 Å². The third kappa shape index (κ3) is 0.896. The van der Waals surface area contributed by atoms with E-state index in [1.54, 1.807) is 19.2 Å². The minimum Gasteiger partial charge on any atom is -0.481 e. The highest BCUT2D eigenvalue weighted by atomic mass is 16.4. The molecule has 2 N–H and O–H groups in total. The fourth-order valence-corrected chi connectivity index (χ4v) is 0.720. The van der Waals surface area contributed by atoms with Gasteiger partial charge in [-0.3, -0.25) is 4.79 Å². The van der Waals surface area contributed by atoms with Crippen LogP contribution in [0.4, 0.5) is 0 Å². The van der Waals surface area contributed by atoms with Gasteiger partial charge in [-0.05, 0) is 13.1 Å². The van der Waals surface area contributed by atoms with Gasteiger partial charge in [0.25, 0.3) is 0 Å². The Bertz CT molecular complexity index is 164. The largest absolute Gasteiger partial charge is 0.481 e. The molecule has 1 atom stereocenters. The Hall–Kier alpha value is -0.990. The number of nitrogens with one attached hydrogen (secondary N) is 1. The average Bonchev–Trinajstić information content (AvgIpc) is 2.16. The maximum absolute atomic E-state index is 10.4. The van der Waals surface area contributed by atoms with Crippen LogP contribution in [0.2, 0.25) is 0 Å². The molecule has 9 heavy (non-hydrogen) atoms. The summed E-state index contributed by atoms with van der Waals surface area (Å²) in [6, 6.07) is 0. The van der Waals surface area contributed by atoms with Crippen LogP contribution in [0.5, 0.6) is 0 Å². The molecule has 1 aliphatic heterocycles. The lowest BCUT2D eigenvalue weighted by molar-refractivity contribution is -0.144. The van der Waals surface area contributed by atoms with Gasteiger partial charge in [0.15, 0.2) is 0 Å². The summed E-state index contributed by atoms with van der Waals surface area (Å²) in [5, 5.41) is 11.4. The van der Waals surface area contributed by atoms with E-state index in [0.29, 0.717) is 6.54 Å². The summed E-state index contributed by atoms with van der Waals surface area (Å²) in [5.74, 6) is -0.774. The first kappa shape index (κ1) is 6.13. The Balaban J connectivity index is 2.74. The van der Waals surface area contributed by atoms with E-state index in [1.165, 1.54) is 0 Å². The van der Waals surface area contributed by atoms with Gasteiger partial charge in [-0.2, -0.15) is 0 Å². The molecule has 0 aromatic carbocycles. The summed E-state index contributed by atoms with van der Waals surface area (Å²) in [6.07, 6.45) is 3.34. The molecular formula is C6H9NO2. The van der Waals surface area contributed by atoms with Crippen molar-refractivity contribution in [3.05, 3.63) is 12.3 Å². The maximum Gasteiger partial charge on any atom is 0.315 e. The molecule has 0 radical (unpaired) electrons. The van der Waals surface area contributed by atoms with Crippen LogP contribution in [0.3, 0.4) is 0 Å².